The number of hydrogen-bond acceptors (Lipinski definition) is 5. The summed E-state index contributed by atoms with van der Waals surface area (Å²) in [6.07, 6.45) is 70.2. The first kappa shape index (κ1) is 68.0. The highest BCUT2D eigenvalue weighted by molar-refractivity contribution is 5.80. The lowest BCUT2D eigenvalue weighted by Crippen LogP contribution is -2.53. The minimum Gasteiger partial charge on any atom is -0.394 e. The highest BCUT2D eigenvalue weighted by Gasteiger charge is 2.28. The van der Waals surface area contributed by atoms with Crippen molar-refractivity contribution in [2.45, 2.75) is 379 Å². The van der Waals surface area contributed by atoms with Gasteiger partial charge in [-0.2, -0.15) is 0 Å². The zero-order valence-electron chi connectivity index (χ0n) is 46.8. The van der Waals surface area contributed by atoms with E-state index in [1.165, 1.54) is 289 Å². The number of nitrogens with one attached hydrogen (secondary N) is 1. The largest absolute Gasteiger partial charge is 0.394 e. The number of amides is 1. The average molecular weight is 977 g/mol. The molecule has 0 aromatic rings. The van der Waals surface area contributed by atoms with Crippen LogP contribution in [-0.2, 0) is 4.79 Å². The predicted molar refractivity (Wildman–Crippen MR) is 302 cm³/mol. The minimum atomic E-state index is -1.26. The molecule has 0 radical (unpaired) electrons. The van der Waals surface area contributed by atoms with Crippen molar-refractivity contribution in [2.75, 3.05) is 6.61 Å². The number of aliphatic hydroxyl groups excluding tert-OH is 4. The Hall–Kier alpha value is -0.950. The average Bonchev–Trinajstić information content (AvgIpc) is 3.35. The van der Waals surface area contributed by atoms with Crippen LogP contribution in [0.25, 0.3) is 0 Å². The van der Waals surface area contributed by atoms with Gasteiger partial charge in [-0.1, -0.05) is 328 Å². The first-order valence-corrected chi connectivity index (χ1v) is 31.6. The monoisotopic (exact) mass is 976 g/mol. The van der Waals surface area contributed by atoms with Crippen molar-refractivity contribution in [1.29, 1.82) is 0 Å². The number of hydrogen-bond donors (Lipinski definition) is 5. The molecule has 0 heterocycles. The summed E-state index contributed by atoms with van der Waals surface area (Å²) < 4.78 is 0. The minimum absolute atomic E-state index is 0.374. The van der Waals surface area contributed by atoms with Gasteiger partial charge in [0, 0.05) is 0 Å². The van der Waals surface area contributed by atoms with Gasteiger partial charge < -0.3 is 25.7 Å². The summed E-state index contributed by atoms with van der Waals surface area (Å²) in [6, 6.07) is -0.983. The van der Waals surface area contributed by atoms with Gasteiger partial charge in [-0.3, -0.25) is 4.79 Å². The zero-order valence-corrected chi connectivity index (χ0v) is 46.8. The lowest BCUT2D eigenvalue weighted by Gasteiger charge is -2.27. The second-order valence-electron chi connectivity index (χ2n) is 22.1. The maximum atomic E-state index is 12.6. The van der Waals surface area contributed by atoms with Gasteiger partial charge in [0.1, 0.15) is 12.2 Å². The highest BCUT2D eigenvalue weighted by atomic mass is 16.3. The van der Waals surface area contributed by atoms with Crippen LogP contribution < -0.4 is 5.32 Å². The Kier molecular flexibility index (Phi) is 57.1. The van der Waals surface area contributed by atoms with Crippen molar-refractivity contribution in [2.24, 2.45) is 0 Å². The quantitative estimate of drug-likeness (QED) is 0.0308. The number of aliphatic hydroxyl groups is 4. The molecule has 69 heavy (non-hydrogen) atoms. The molecule has 0 aliphatic rings. The molecule has 0 aliphatic carbocycles. The molecule has 4 atom stereocenters. The summed E-state index contributed by atoms with van der Waals surface area (Å²) in [5, 5.41) is 44.1. The van der Waals surface area contributed by atoms with Gasteiger partial charge >= 0.3 is 0 Å². The van der Waals surface area contributed by atoms with Crippen LogP contribution in [0.2, 0.25) is 0 Å². The number of unbranched alkanes of at least 4 members (excludes halogenated alkanes) is 48. The third kappa shape index (κ3) is 51.7. The SMILES string of the molecule is CCCCCCCCCCCCCCCC/C=C\CCCCCCCCCCCCCCCCCCC(O)C(=O)NC(CO)C(O)C(O)CCCCCCCCCCCCCCCCCCCCC. The number of carbonyl (C=O) groups excluding carboxylic acids is 1. The van der Waals surface area contributed by atoms with E-state index in [4.69, 9.17) is 0 Å². The lowest BCUT2D eigenvalue weighted by molar-refractivity contribution is -0.132. The number of allylic oxidation sites excluding steroid dienone is 2. The fourth-order valence-electron chi connectivity index (χ4n) is 10.3. The molecule has 1 amide bonds. The molecule has 0 fully saturated rings. The van der Waals surface area contributed by atoms with Crippen molar-refractivity contribution in [3.05, 3.63) is 12.2 Å². The van der Waals surface area contributed by atoms with E-state index in [2.05, 4.69) is 31.3 Å². The van der Waals surface area contributed by atoms with Gasteiger partial charge in [0.05, 0.1) is 18.8 Å². The normalized spacial score (nSPS) is 13.7. The third-order valence-electron chi connectivity index (χ3n) is 15.2. The Morgan fingerprint density at radius 1 is 0.348 bits per heavy atom. The summed E-state index contributed by atoms with van der Waals surface area (Å²) in [5.74, 6) is -0.576. The van der Waals surface area contributed by atoms with Gasteiger partial charge in [0.25, 0.3) is 0 Å². The van der Waals surface area contributed by atoms with E-state index in [1.807, 2.05) is 0 Å². The van der Waals surface area contributed by atoms with E-state index in [9.17, 15) is 25.2 Å². The Balaban J connectivity index is 3.53. The van der Waals surface area contributed by atoms with Gasteiger partial charge in [-0.15, -0.1) is 0 Å². The van der Waals surface area contributed by atoms with Crippen molar-refractivity contribution in [3.63, 3.8) is 0 Å². The van der Waals surface area contributed by atoms with Crippen LogP contribution in [0.15, 0.2) is 12.2 Å². The molecular formula is C63H125NO5. The van der Waals surface area contributed by atoms with Gasteiger partial charge in [0.2, 0.25) is 5.91 Å². The second kappa shape index (κ2) is 57.9. The molecule has 0 saturated heterocycles. The highest BCUT2D eigenvalue weighted by Crippen LogP contribution is 2.19. The van der Waals surface area contributed by atoms with Crippen LogP contribution in [0.5, 0.6) is 0 Å². The Bertz CT molecular complexity index is 1010. The smallest absolute Gasteiger partial charge is 0.249 e. The number of rotatable bonds is 59. The van der Waals surface area contributed by atoms with E-state index in [0.29, 0.717) is 12.8 Å². The summed E-state index contributed by atoms with van der Waals surface area (Å²) in [6.45, 7) is 4.10. The number of carbonyl (C=O) groups is 1. The van der Waals surface area contributed by atoms with Crippen molar-refractivity contribution >= 4 is 5.91 Å². The van der Waals surface area contributed by atoms with Crippen LogP contribution >= 0.6 is 0 Å². The Morgan fingerprint density at radius 2 is 0.580 bits per heavy atom. The standard InChI is InChI=1S/C63H125NO5/c1-3-5-7-9-11-13-15-17-19-21-23-24-25-26-27-28-29-30-31-32-33-34-35-36-37-39-41-43-45-47-49-51-53-55-57-61(67)63(69)64-59(58-65)62(68)60(66)56-54-52-50-48-46-44-42-40-38-22-20-18-16-14-12-10-8-6-4-2/h28-29,59-62,65-68H,3-27,30-58H2,1-2H3,(H,64,69)/b29-28-. The van der Waals surface area contributed by atoms with Crippen molar-refractivity contribution < 1.29 is 25.2 Å². The van der Waals surface area contributed by atoms with Crippen LogP contribution in [0, 0.1) is 0 Å². The molecule has 0 aromatic heterocycles. The molecule has 5 N–H and O–H groups in total. The Morgan fingerprint density at radius 3 is 0.841 bits per heavy atom. The van der Waals surface area contributed by atoms with Crippen LogP contribution in [0.1, 0.15) is 354 Å². The molecular weight excluding hydrogens is 851 g/mol. The van der Waals surface area contributed by atoms with Gasteiger partial charge in [0.15, 0.2) is 0 Å². The van der Waals surface area contributed by atoms with E-state index >= 15 is 0 Å². The first-order chi connectivity index (χ1) is 34.0. The van der Waals surface area contributed by atoms with E-state index in [1.54, 1.807) is 0 Å². The second-order valence-corrected chi connectivity index (χ2v) is 22.1. The summed E-state index contributed by atoms with van der Waals surface area (Å²) in [5.41, 5.74) is 0. The molecule has 0 aliphatic heterocycles. The van der Waals surface area contributed by atoms with Crippen molar-refractivity contribution in [1.82, 2.24) is 5.32 Å². The molecule has 412 valence electrons. The Labute approximate surface area is 432 Å². The molecule has 0 spiro atoms. The van der Waals surface area contributed by atoms with Crippen LogP contribution in [-0.4, -0.2) is 57.3 Å². The maximum Gasteiger partial charge on any atom is 0.249 e. The molecule has 0 rings (SSSR count). The topological polar surface area (TPSA) is 110 Å². The van der Waals surface area contributed by atoms with E-state index in [-0.39, 0.29) is 0 Å². The summed E-state index contributed by atoms with van der Waals surface area (Å²) in [4.78, 5) is 12.6. The van der Waals surface area contributed by atoms with Crippen molar-refractivity contribution in [3.8, 4) is 0 Å². The molecule has 6 heteroatoms. The van der Waals surface area contributed by atoms with Crippen LogP contribution in [0.3, 0.4) is 0 Å². The summed E-state index contributed by atoms with van der Waals surface area (Å²) >= 11 is 0. The molecule has 4 unspecified atom stereocenters. The molecule has 0 saturated carbocycles. The van der Waals surface area contributed by atoms with E-state index < -0.39 is 36.9 Å². The van der Waals surface area contributed by atoms with Crippen LogP contribution in [0.4, 0.5) is 0 Å². The molecule has 0 bridgehead atoms. The molecule has 6 nitrogen and oxygen atoms in total. The van der Waals surface area contributed by atoms with Gasteiger partial charge in [-0.05, 0) is 38.5 Å². The first-order valence-electron chi connectivity index (χ1n) is 31.6. The third-order valence-corrected chi connectivity index (χ3v) is 15.2. The summed E-state index contributed by atoms with van der Waals surface area (Å²) in [7, 11) is 0. The fourth-order valence-corrected chi connectivity index (χ4v) is 10.3. The van der Waals surface area contributed by atoms with Gasteiger partial charge in [-0.25, -0.2) is 0 Å². The van der Waals surface area contributed by atoms with E-state index in [0.717, 1.165) is 38.5 Å². The molecule has 0 aromatic carbocycles. The lowest BCUT2D eigenvalue weighted by atomic mass is 9.99. The zero-order chi connectivity index (χ0) is 50.2. The predicted octanol–water partition coefficient (Wildman–Crippen LogP) is 18.8. The fraction of sp³-hybridized carbons (Fsp3) is 0.952. The maximum absolute atomic E-state index is 12.6.